The molecule has 2 aromatic carbocycles. The van der Waals surface area contributed by atoms with Crippen LogP contribution >= 0.6 is 0 Å². The van der Waals surface area contributed by atoms with Crippen molar-refractivity contribution in [2.24, 2.45) is 32.9 Å². The topological polar surface area (TPSA) is 195 Å². The number of nitrogens with zero attached hydrogens (tertiary/aromatic N) is 6. The molecule has 0 spiro atoms. The van der Waals surface area contributed by atoms with Crippen molar-refractivity contribution in [3.63, 3.8) is 0 Å². The van der Waals surface area contributed by atoms with Gasteiger partial charge < -0.3 is 38.5 Å². The summed E-state index contributed by atoms with van der Waals surface area (Å²) in [6.07, 6.45) is 9.44. The van der Waals surface area contributed by atoms with Crippen LogP contribution < -0.4 is 38.5 Å². The molecule has 12 heteroatoms. The van der Waals surface area contributed by atoms with E-state index in [2.05, 4.69) is 63.6 Å². The van der Waals surface area contributed by atoms with Gasteiger partial charge in [0.15, 0.2) is 11.9 Å². The summed E-state index contributed by atoms with van der Waals surface area (Å²) in [6.45, 7) is 8.23. The van der Waals surface area contributed by atoms with Crippen LogP contribution in [-0.4, -0.2) is 40.0 Å². The lowest BCUT2D eigenvalue weighted by molar-refractivity contribution is 0.601. The zero-order chi connectivity index (χ0) is 32.3. The second-order valence-corrected chi connectivity index (χ2v) is 11.2. The molecular formula is C33H52N12. The Kier molecular flexibility index (Phi) is 15.2. The Morgan fingerprint density at radius 1 is 0.622 bits per heavy atom. The molecule has 0 aliphatic carbocycles. The van der Waals surface area contributed by atoms with Crippen LogP contribution in [0.15, 0.2) is 58.5 Å². The summed E-state index contributed by atoms with van der Waals surface area (Å²) in [4.78, 5) is 25.1. The summed E-state index contributed by atoms with van der Waals surface area (Å²) >= 11 is 0. The summed E-state index contributed by atoms with van der Waals surface area (Å²) < 4.78 is 0. The second-order valence-electron chi connectivity index (χ2n) is 11.2. The van der Waals surface area contributed by atoms with Gasteiger partial charge in [-0.1, -0.05) is 101 Å². The molecule has 0 bridgehead atoms. The molecule has 3 aromatic rings. The third-order valence-corrected chi connectivity index (χ3v) is 7.24. The highest BCUT2D eigenvalue weighted by Crippen LogP contribution is 2.19. The number of benzene rings is 2. The van der Waals surface area contributed by atoms with Crippen molar-refractivity contribution < 1.29 is 0 Å². The predicted molar refractivity (Wildman–Crippen MR) is 187 cm³/mol. The fourth-order valence-corrected chi connectivity index (χ4v) is 4.84. The Balaban J connectivity index is 1.83. The van der Waals surface area contributed by atoms with E-state index in [0.717, 1.165) is 48.2 Å². The molecule has 10 N–H and O–H groups in total. The van der Waals surface area contributed by atoms with Crippen molar-refractivity contribution in [2.45, 2.75) is 91.4 Å². The predicted octanol–water partition coefficient (Wildman–Crippen LogP) is 4.61. The number of anilines is 3. The number of rotatable bonds is 21. The summed E-state index contributed by atoms with van der Waals surface area (Å²) in [5.41, 5.74) is 26.3. The Hall–Kier alpha value is -4.61. The molecule has 1 aromatic heterocycles. The van der Waals surface area contributed by atoms with Crippen LogP contribution in [0.2, 0.25) is 0 Å². The van der Waals surface area contributed by atoms with Gasteiger partial charge in [-0.25, -0.2) is 9.98 Å². The van der Waals surface area contributed by atoms with E-state index in [4.69, 9.17) is 37.9 Å². The van der Waals surface area contributed by atoms with Gasteiger partial charge in [0.1, 0.15) is 0 Å². The fraction of sp³-hybridized carbons (Fsp3) is 0.485. The first kappa shape index (κ1) is 34.9. The summed E-state index contributed by atoms with van der Waals surface area (Å²) in [7, 11) is 0. The lowest BCUT2D eigenvalue weighted by atomic mass is 10.1. The molecule has 0 atom stereocenters. The van der Waals surface area contributed by atoms with Crippen molar-refractivity contribution in [1.29, 1.82) is 0 Å². The number of aliphatic imine (C=N–C) groups is 2. The lowest BCUT2D eigenvalue weighted by Gasteiger charge is -2.24. The van der Waals surface area contributed by atoms with E-state index in [1.54, 1.807) is 0 Å². The highest BCUT2D eigenvalue weighted by Gasteiger charge is 2.14. The summed E-state index contributed by atoms with van der Waals surface area (Å²) in [5, 5.41) is 6.85. The number of aromatic nitrogens is 3. The minimum absolute atomic E-state index is 0.0747. The van der Waals surface area contributed by atoms with Crippen LogP contribution in [0.25, 0.3) is 0 Å². The largest absolute Gasteiger partial charge is 0.370 e. The highest BCUT2D eigenvalue weighted by molar-refractivity contribution is 5.76. The first-order valence-corrected chi connectivity index (χ1v) is 16.1. The molecule has 0 saturated carbocycles. The van der Waals surface area contributed by atoms with E-state index in [-0.39, 0.29) is 11.9 Å². The first-order chi connectivity index (χ1) is 21.9. The third-order valence-electron chi connectivity index (χ3n) is 7.24. The molecule has 0 unspecified atom stereocenters. The monoisotopic (exact) mass is 616 g/mol. The maximum Gasteiger partial charge on any atom is 0.231 e. The van der Waals surface area contributed by atoms with E-state index >= 15 is 0 Å². The Labute approximate surface area is 268 Å². The molecular weight excluding hydrogens is 564 g/mol. The van der Waals surface area contributed by atoms with Crippen LogP contribution in [-0.2, 0) is 26.2 Å². The van der Waals surface area contributed by atoms with Crippen molar-refractivity contribution in [3.8, 4) is 0 Å². The molecule has 12 nitrogen and oxygen atoms in total. The molecule has 45 heavy (non-hydrogen) atoms. The van der Waals surface area contributed by atoms with Crippen LogP contribution in [0.3, 0.4) is 0 Å². The Bertz CT molecular complexity index is 1250. The second kappa shape index (κ2) is 19.6. The highest BCUT2D eigenvalue weighted by atomic mass is 15.3. The van der Waals surface area contributed by atoms with Crippen LogP contribution in [0, 0.1) is 0 Å². The lowest BCUT2D eigenvalue weighted by Crippen LogP contribution is -2.28. The molecule has 244 valence electrons. The maximum atomic E-state index is 5.52. The molecule has 0 saturated heterocycles. The van der Waals surface area contributed by atoms with Crippen molar-refractivity contribution >= 4 is 29.8 Å². The van der Waals surface area contributed by atoms with Crippen molar-refractivity contribution in [1.82, 2.24) is 15.0 Å². The number of unbranched alkanes of at least 4 members (excludes halogenated alkanes) is 6. The van der Waals surface area contributed by atoms with Gasteiger partial charge in [-0.05, 0) is 35.1 Å². The van der Waals surface area contributed by atoms with Crippen LogP contribution in [0.5, 0.6) is 0 Å². The molecule has 0 amide bonds. The van der Waals surface area contributed by atoms with Crippen LogP contribution in [0.1, 0.15) is 87.5 Å². The van der Waals surface area contributed by atoms with Crippen molar-refractivity contribution in [2.75, 3.05) is 28.6 Å². The van der Waals surface area contributed by atoms with E-state index in [9.17, 15) is 0 Å². The Morgan fingerprint density at radius 3 is 1.49 bits per heavy atom. The smallest absolute Gasteiger partial charge is 0.231 e. The third kappa shape index (κ3) is 13.7. The van der Waals surface area contributed by atoms with Gasteiger partial charge in [-0.15, -0.1) is 0 Å². The van der Waals surface area contributed by atoms with Gasteiger partial charge in [0, 0.05) is 26.2 Å². The fourth-order valence-electron chi connectivity index (χ4n) is 4.84. The molecule has 0 fully saturated rings. The number of hydrogen-bond donors (Lipinski definition) is 6. The molecule has 0 radical (unpaired) electrons. The number of hydrogen-bond acceptors (Lipinski definition) is 8. The standard InChI is InChI=1S/C33H52N12/c1-3-5-7-9-17-45(18-10-8-6-4-2)33-43-31(40-23-27-15-11-13-25(19-27)21-38-29(34)35)42-32(44-33)41-24-28-16-12-14-26(20-28)22-39-30(36)37/h11-16,19-20H,3-10,17-18,21-24H2,1-2H3,(H4,34,35,38)(H4,36,37,39)(H2,40,41,42,43,44). The number of guanidine groups is 2. The summed E-state index contributed by atoms with van der Waals surface area (Å²) in [6, 6.07) is 16.2. The van der Waals surface area contributed by atoms with E-state index in [1.165, 1.54) is 38.5 Å². The maximum absolute atomic E-state index is 5.52. The minimum Gasteiger partial charge on any atom is -0.370 e. The van der Waals surface area contributed by atoms with Crippen molar-refractivity contribution in [3.05, 3.63) is 70.8 Å². The molecule has 1 heterocycles. The normalized spacial score (nSPS) is 10.7. The average molecular weight is 617 g/mol. The summed E-state index contributed by atoms with van der Waals surface area (Å²) in [5.74, 6) is 1.87. The van der Waals surface area contributed by atoms with Gasteiger partial charge in [-0.2, -0.15) is 15.0 Å². The van der Waals surface area contributed by atoms with E-state index in [1.807, 2.05) is 24.3 Å². The molecule has 0 aliphatic heterocycles. The van der Waals surface area contributed by atoms with Gasteiger partial charge in [0.05, 0.1) is 13.1 Å². The van der Waals surface area contributed by atoms with Gasteiger partial charge >= 0.3 is 0 Å². The van der Waals surface area contributed by atoms with Gasteiger partial charge in [-0.3, -0.25) is 0 Å². The molecule has 3 rings (SSSR count). The average Bonchev–Trinajstić information content (AvgIpc) is 3.04. The zero-order valence-corrected chi connectivity index (χ0v) is 27.0. The van der Waals surface area contributed by atoms with E-state index < -0.39 is 0 Å². The number of nitrogens with one attached hydrogen (secondary N) is 2. The zero-order valence-electron chi connectivity index (χ0n) is 27.0. The van der Waals surface area contributed by atoms with Gasteiger partial charge in [0.25, 0.3) is 0 Å². The SMILES string of the molecule is CCCCCCN(CCCCCC)c1nc(NCc2cccc(CN=C(N)N)c2)nc(NCc2cccc(CN=C(N)N)c2)n1. The quantitative estimate of drug-likeness (QED) is 0.0559. The van der Waals surface area contributed by atoms with E-state index in [0.29, 0.717) is 44.0 Å². The Morgan fingerprint density at radius 2 is 1.07 bits per heavy atom. The minimum atomic E-state index is 0.0747. The van der Waals surface area contributed by atoms with Gasteiger partial charge in [0.2, 0.25) is 17.8 Å². The first-order valence-electron chi connectivity index (χ1n) is 16.1. The number of nitrogens with two attached hydrogens (primary N) is 4. The molecule has 0 aliphatic rings. The van der Waals surface area contributed by atoms with Crippen LogP contribution in [0.4, 0.5) is 17.8 Å².